The van der Waals surface area contributed by atoms with E-state index in [0.29, 0.717) is 38.9 Å². The van der Waals surface area contributed by atoms with Crippen LogP contribution in [0.1, 0.15) is 36.8 Å². The number of hydrogen-bond donors (Lipinski definition) is 1. The Balaban J connectivity index is 1.40. The molecule has 4 rings (SSSR count). The van der Waals surface area contributed by atoms with Crippen LogP contribution in [0.5, 0.6) is 0 Å². The summed E-state index contributed by atoms with van der Waals surface area (Å²) in [6.45, 7) is 6.64. The van der Waals surface area contributed by atoms with Crippen molar-refractivity contribution in [3.05, 3.63) is 35.4 Å². The second kappa shape index (κ2) is 8.21. The predicted octanol–water partition coefficient (Wildman–Crippen LogP) is 1.47. The third-order valence-electron chi connectivity index (χ3n) is 6.33. The molecule has 1 saturated carbocycles. The maximum atomic E-state index is 13.6. The molecule has 152 valence electrons. The summed E-state index contributed by atoms with van der Waals surface area (Å²) in [5, 5.41) is 3.04. The van der Waals surface area contributed by atoms with E-state index in [1.807, 2.05) is 4.90 Å². The molecule has 6 nitrogen and oxygen atoms in total. The zero-order valence-corrected chi connectivity index (χ0v) is 16.8. The Morgan fingerprint density at radius 3 is 2.32 bits per heavy atom. The summed E-state index contributed by atoms with van der Waals surface area (Å²) in [4.78, 5) is 29.8. The minimum Gasteiger partial charge on any atom is -0.381 e. The van der Waals surface area contributed by atoms with Crippen LogP contribution in [-0.4, -0.2) is 73.6 Å². The van der Waals surface area contributed by atoms with Gasteiger partial charge in [0.25, 0.3) is 0 Å². The van der Waals surface area contributed by atoms with Crippen LogP contribution in [0.3, 0.4) is 0 Å². The highest BCUT2D eigenvalue weighted by Gasteiger charge is 2.44. The summed E-state index contributed by atoms with van der Waals surface area (Å²) in [5.41, 5.74) is 1.84. The molecule has 2 saturated heterocycles. The van der Waals surface area contributed by atoms with Gasteiger partial charge in [-0.1, -0.05) is 29.8 Å². The number of nitrogens with one attached hydrogen (secondary N) is 1. The number of ether oxygens (including phenoxy) is 1. The summed E-state index contributed by atoms with van der Waals surface area (Å²) < 4.78 is 5.58. The fourth-order valence-electron chi connectivity index (χ4n) is 4.33. The molecule has 2 heterocycles. The lowest BCUT2D eigenvalue weighted by Gasteiger charge is -2.43. The van der Waals surface area contributed by atoms with Gasteiger partial charge in [-0.3, -0.25) is 14.5 Å². The molecule has 0 atom stereocenters. The highest BCUT2D eigenvalue weighted by atomic mass is 16.5. The Morgan fingerprint density at radius 1 is 1.07 bits per heavy atom. The fourth-order valence-corrected chi connectivity index (χ4v) is 4.33. The Morgan fingerprint density at radius 2 is 1.71 bits per heavy atom. The summed E-state index contributed by atoms with van der Waals surface area (Å²) >= 11 is 0. The largest absolute Gasteiger partial charge is 0.381 e. The van der Waals surface area contributed by atoms with Crippen LogP contribution in [0.25, 0.3) is 0 Å². The molecule has 0 aromatic heterocycles. The summed E-state index contributed by atoms with van der Waals surface area (Å²) in [6.07, 6.45) is 3.69. The van der Waals surface area contributed by atoms with Gasteiger partial charge in [0.15, 0.2) is 0 Å². The van der Waals surface area contributed by atoms with Gasteiger partial charge in [0, 0.05) is 45.4 Å². The van der Waals surface area contributed by atoms with Crippen LogP contribution in [0, 0.1) is 6.92 Å². The van der Waals surface area contributed by atoms with Crippen LogP contribution < -0.4 is 5.32 Å². The average Bonchev–Trinajstić information content (AvgIpc) is 3.53. The lowest BCUT2D eigenvalue weighted by molar-refractivity contribution is -0.143. The molecular formula is C22H31N3O3. The van der Waals surface area contributed by atoms with Gasteiger partial charge >= 0.3 is 0 Å². The van der Waals surface area contributed by atoms with Crippen molar-refractivity contribution in [3.8, 4) is 0 Å². The molecule has 1 aromatic carbocycles. The molecule has 1 aliphatic carbocycles. The number of benzene rings is 1. The van der Waals surface area contributed by atoms with Crippen molar-refractivity contribution in [1.29, 1.82) is 0 Å². The molecule has 2 amide bonds. The average molecular weight is 386 g/mol. The van der Waals surface area contributed by atoms with Crippen molar-refractivity contribution in [3.63, 3.8) is 0 Å². The Kier molecular flexibility index (Phi) is 5.69. The second-order valence-corrected chi connectivity index (χ2v) is 8.47. The summed E-state index contributed by atoms with van der Waals surface area (Å²) in [7, 11) is 0. The standard InChI is InChI=1S/C22H31N3O3/c1-17-2-4-18(5-3-17)22(8-14-28-15-9-22)21(27)25-12-10-24(11-13-25)16-20(26)23-19-6-7-19/h2-5,19H,6-16H2,1H3,(H,23,26). The molecule has 1 aromatic rings. The van der Waals surface area contributed by atoms with Crippen molar-refractivity contribution in [1.82, 2.24) is 15.1 Å². The number of hydrogen-bond acceptors (Lipinski definition) is 4. The molecule has 2 aliphatic heterocycles. The number of nitrogens with zero attached hydrogens (tertiary/aromatic N) is 2. The highest BCUT2D eigenvalue weighted by Crippen LogP contribution is 2.37. The van der Waals surface area contributed by atoms with Gasteiger partial charge in [-0.25, -0.2) is 0 Å². The van der Waals surface area contributed by atoms with Gasteiger partial charge in [-0.2, -0.15) is 0 Å². The van der Waals surface area contributed by atoms with Gasteiger partial charge < -0.3 is 15.0 Å². The van der Waals surface area contributed by atoms with Gasteiger partial charge in [-0.05, 0) is 38.2 Å². The number of piperazine rings is 1. The quantitative estimate of drug-likeness (QED) is 0.834. The maximum absolute atomic E-state index is 13.6. The number of carbonyl (C=O) groups excluding carboxylic acids is 2. The lowest BCUT2D eigenvalue weighted by atomic mass is 9.72. The first-order valence-corrected chi connectivity index (χ1v) is 10.5. The van der Waals surface area contributed by atoms with Crippen LogP contribution in [0.4, 0.5) is 0 Å². The van der Waals surface area contributed by atoms with Gasteiger partial charge in [0.1, 0.15) is 0 Å². The van der Waals surface area contributed by atoms with Gasteiger partial charge in [0.05, 0.1) is 12.0 Å². The number of aryl methyl sites for hydroxylation is 1. The summed E-state index contributed by atoms with van der Waals surface area (Å²) in [5.74, 6) is 0.338. The number of rotatable bonds is 5. The monoisotopic (exact) mass is 385 g/mol. The van der Waals surface area contributed by atoms with Crippen LogP contribution >= 0.6 is 0 Å². The second-order valence-electron chi connectivity index (χ2n) is 8.47. The lowest BCUT2D eigenvalue weighted by Crippen LogP contribution is -2.56. The van der Waals surface area contributed by atoms with Crippen molar-refractivity contribution >= 4 is 11.8 Å². The summed E-state index contributed by atoms with van der Waals surface area (Å²) in [6, 6.07) is 8.80. The normalized spacial score (nSPS) is 22.7. The molecule has 1 N–H and O–H groups in total. The molecule has 0 spiro atoms. The Labute approximate surface area is 167 Å². The molecule has 3 aliphatic rings. The SMILES string of the molecule is Cc1ccc(C2(C(=O)N3CCN(CC(=O)NC4CC4)CC3)CCOCC2)cc1. The Hall–Kier alpha value is -1.92. The topological polar surface area (TPSA) is 61.9 Å². The molecule has 0 bridgehead atoms. The zero-order valence-electron chi connectivity index (χ0n) is 16.8. The number of amides is 2. The van der Waals surface area contributed by atoms with Crippen molar-refractivity contribution in [2.45, 2.75) is 44.1 Å². The van der Waals surface area contributed by atoms with E-state index in [1.54, 1.807) is 0 Å². The number of carbonyl (C=O) groups is 2. The minimum absolute atomic E-state index is 0.114. The van der Waals surface area contributed by atoms with Gasteiger partial charge in [0.2, 0.25) is 11.8 Å². The molecular weight excluding hydrogens is 354 g/mol. The third-order valence-corrected chi connectivity index (χ3v) is 6.33. The van der Waals surface area contributed by atoms with E-state index in [0.717, 1.165) is 44.3 Å². The van der Waals surface area contributed by atoms with Crippen LogP contribution in [0.2, 0.25) is 0 Å². The van der Waals surface area contributed by atoms with E-state index in [9.17, 15) is 9.59 Å². The van der Waals surface area contributed by atoms with Crippen molar-refractivity contribution in [2.24, 2.45) is 0 Å². The first kappa shape index (κ1) is 19.4. The first-order valence-electron chi connectivity index (χ1n) is 10.5. The van der Waals surface area contributed by atoms with E-state index in [2.05, 4.69) is 41.4 Å². The van der Waals surface area contributed by atoms with Crippen molar-refractivity contribution < 1.29 is 14.3 Å². The molecule has 6 heteroatoms. The van der Waals surface area contributed by atoms with Crippen LogP contribution in [-0.2, 0) is 19.7 Å². The Bertz CT molecular complexity index is 700. The highest BCUT2D eigenvalue weighted by molar-refractivity contribution is 5.88. The fraction of sp³-hybridized carbons (Fsp3) is 0.636. The molecule has 0 radical (unpaired) electrons. The maximum Gasteiger partial charge on any atom is 0.234 e. The third kappa shape index (κ3) is 4.23. The van der Waals surface area contributed by atoms with E-state index >= 15 is 0 Å². The smallest absolute Gasteiger partial charge is 0.234 e. The van der Waals surface area contributed by atoms with Gasteiger partial charge in [-0.15, -0.1) is 0 Å². The minimum atomic E-state index is -0.475. The zero-order chi connectivity index (χ0) is 19.6. The van der Waals surface area contributed by atoms with E-state index in [4.69, 9.17) is 4.74 Å². The molecule has 28 heavy (non-hydrogen) atoms. The van der Waals surface area contributed by atoms with Crippen molar-refractivity contribution in [2.75, 3.05) is 45.9 Å². The van der Waals surface area contributed by atoms with E-state index in [-0.39, 0.29) is 11.8 Å². The first-order chi connectivity index (χ1) is 13.6. The van der Waals surface area contributed by atoms with E-state index < -0.39 is 5.41 Å². The predicted molar refractivity (Wildman–Crippen MR) is 107 cm³/mol. The molecule has 3 fully saturated rings. The van der Waals surface area contributed by atoms with Crippen LogP contribution in [0.15, 0.2) is 24.3 Å². The molecule has 0 unspecified atom stereocenters. The van der Waals surface area contributed by atoms with E-state index in [1.165, 1.54) is 5.56 Å².